The van der Waals surface area contributed by atoms with Gasteiger partial charge in [0.05, 0.1) is 13.2 Å². The highest BCUT2D eigenvalue weighted by Crippen LogP contribution is 2.27. The average Bonchev–Trinajstić information content (AvgIpc) is 2.88. The summed E-state index contributed by atoms with van der Waals surface area (Å²) in [6.07, 6.45) is 2.22. The van der Waals surface area contributed by atoms with Gasteiger partial charge < -0.3 is 14.8 Å². The Morgan fingerprint density at radius 1 is 1.24 bits per heavy atom. The van der Waals surface area contributed by atoms with Gasteiger partial charge in [-0.1, -0.05) is 19.1 Å². The first-order chi connectivity index (χ1) is 8.40. The summed E-state index contributed by atoms with van der Waals surface area (Å²) < 4.78 is 11.5. The van der Waals surface area contributed by atoms with Crippen LogP contribution in [0, 0.1) is 5.92 Å². The molecule has 0 saturated carbocycles. The maximum Gasteiger partial charge on any atom is 0.161 e. The van der Waals surface area contributed by atoms with Crippen molar-refractivity contribution >= 4 is 0 Å². The lowest BCUT2D eigenvalue weighted by atomic mass is 10.1. The third-order valence-electron chi connectivity index (χ3n) is 2.95. The third-order valence-corrected chi connectivity index (χ3v) is 2.95. The second-order valence-electron chi connectivity index (χ2n) is 4.47. The lowest BCUT2D eigenvalue weighted by Gasteiger charge is -2.14. The number of hydrogen-bond donors (Lipinski definition) is 1. The number of rotatable bonds is 6. The molecule has 1 aliphatic heterocycles. The fraction of sp³-hybridized carbons (Fsp3) is 0.571. The molecule has 1 unspecified atom stereocenters. The van der Waals surface area contributed by atoms with Crippen LogP contribution in [0.3, 0.4) is 0 Å². The van der Waals surface area contributed by atoms with E-state index in [4.69, 9.17) is 9.47 Å². The van der Waals surface area contributed by atoms with E-state index >= 15 is 0 Å². The highest BCUT2D eigenvalue weighted by atomic mass is 16.5. The van der Waals surface area contributed by atoms with Crippen molar-refractivity contribution in [1.29, 1.82) is 0 Å². The Hall–Kier alpha value is -1.22. The Labute approximate surface area is 103 Å². The number of benzene rings is 1. The molecule has 94 valence electrons. The molecule has 1 heterocycles. The standard InChI is InChI=1S/C14H21NO2/c1-2-9-16-13-5-3-4-6-14(13)17-11-12-7-8-15-10-12/h3-6,12,15H,2,7-11H2,1H3. The van der Waals surface area contributed by atoms with Crippen LogP contribution < -0.4 is 14.8 Å². The molecule has 0 bridgehead atoms. The van der Waals surface area contributed by atoms with Crippen LogP contribution in [0.5, 0.6) is 11.5 Å². The fourth-order valence-electron chi connectivity index (χ4n) is 1.96. The summed E-state index contributed by atoms with van der Waals surface area (Å²) in [5, 5.41) is 3.35. The summed E-state index contributed by atoms with van der Waals surface area (Å²) in [4.78, 5) is 0. The van der Waals surface area contributed by atoms with Crippen LogP contribution in [0.15, 0.2) is 24.3 Å². The van der Waals surface area contributed by atoms with E-state index in [-0.39, 0.29) is 0 Å². The third kappa shape index (κ3) is 3.63. The van der Waals surface area contributed by atoms with Crippen LogP contribution in [-0.4, -0.2) is 26.3 Å². The first-order valence-corrected chi connectivity index (χ1v) is 6.45. The van der Waals surface area contributed by atoms with Crippen LogP contribution >= 0.6 is 0 Å². The van der Waals surface area contributed by atoms with Gasteiger partial charge in [-0.25, -0.2) is 0 Å². The van der Waals surface area contributed by atoms with Crippen LogP contribution in [-0.2, 0) is 0 Å². The lowest BCUT2D eigenvalue weighted by Crippen LogP contribution is -2.15. The minimum absolute atomic E-state index is 0.634. The Bertz CT molecular complexity index is 335. The van der Waals surface area contributed by atoms with Gasteiger partial charge >= 0.3 is 0 Å². The van der Waals surface area contributed by atoms with Gasteiger partial charge in [-0.05, 0) is 31.5 Å². The van der Waals surface area contributed by atoms with Gasteiger partial charge in [-0.15, -0.1) is 0 Å². The topological polar surface area (TPSA) is 30.5 Å². The Morgan fingerprint density at radius 2 is 2.00 bits per heavy atom. The van der Waals surface area contributed by atoms with Gasteiger partial charge in [0.25, 0.3) is 0 Å². The van der Waals surface area contributed by atoms with Crippen LogP contribution in [0.4, 0.5) is 0 Å². The molecule has 3 nitrogen and oxygen atoms in total. The molecule has 1 atom stereocenters. The van der Waals surface area contributed by atoms with E-state index in [9.17, 15) is 0 Å². The van der Waals surface area contributed by atoms with Crippen molar-refractivity contribution in [3.05, 3.63) is 24.3 Å². The van der Waals surface area contributed by atoms with Crippen LogP contribution in [0.2, 0.25) is 0 Å². The molecule has 0 aliphatic carbocycles. The highest BCUT2D eigenvalue weighted by Gasteiger charge is 2.15. The summed E-state index contributed by atoms with van der Waals surface area (Å²) in [7, 11) is 0. The van der Waals surface area contributed by atoms with E-state index in [0.717, 1.165) is 44.2 Å². The second kappa shape index (κ2) is 6.50. The normalized spacial score (nSPS) is 19.2. The Morgan fingerprint density at radius 3 is 2.65 bits per heavy atom. The first-order valence-electron chi connectivity index (χ1n) is 6.45. The van der Waals surface area contributed by atoms with Gasteiger partial charge in [0.2, 0.25) is 0 Å². The van der Waals surface area contributed by atoms with Crippen molar-refractivity contribution in [2.75, 3.05) is 26.3 Å². The summed E-state index contributed by atoms with van der Waals surface area (Å²) >= 11 is 0. The van der Waals surface area contributed by atoms with E-state index in [2.05, 4.69) is 12.2 Å². The van der Waals surface area contributed by atoms with Crippen LogP contribution in [0.1, 0.15) is 19.8 Å². The van der Waals surface area contributed by atoms with Gasteiger partial charge in [0, 0.05) is 12.5 Å². The predicted octanol–water partition coefficient (Wildman–Crippen LogP) is 2.46. The average molecular weight is 235 g/mol. The quantitative estimate of drug-likeness (QED) is 0.821. The van der Waals surface area contributed by atoms with Crippen molar-refractivity contribution < 1.29 is 9.47 Å². The summed E-state index contributed by atoms with van der Waals surface area (Å²) in [5.74, 6) is 2.36. The van der Waals surface area contributed by atoms with Gasteiger partial charge in [0.1, 0.15) is 0 Å². The van der Waals surface area contributed by atoms with Gasteiger partial charge in [0.15, 0.2) is 11.5 Å². The van der Waals surface area contributed by atoms with Crippen molar-refractivity contribution in [3.63, 3.8) is 0 Å². The van der Waals surface area contributed by atoms with Crippen LogP contribution in [0.25, 0.3) is 0 Å². The van der Waals surface area contributed by atoms with Gasteiger partial charge in [-0.3, -0.25) is 0 Å². The Balaban J connectivity index is 1.89. The summed E-state index contributed by atoms with van der Waals surface area (Å²) in [6, 6.07) is 7.92. The van der Waals surface area contributed by atoms with E-state index in [1.807, 2.05) is 24.3 Å². The predicted molar refractivity (Wildman–Crippen MR) is 68.7 cm³/mol. The molecule has 1 N–H and O–H groups in total. The van der Waals surface area contributed by atoms with Crippen molar-refractivity contribution in [3.8, 4) is 11.5 Å². The van der Waals surface area contributed by atoms with Crippen molar-refractivity contribution in [2.45, 2.75) is 19.8 Å². The summed E-state index contributed by atoms with van der Waals surface area (Å²) in [5.41, 5.74) is 0. The molecule has 2 rings (SSSR count). The molecule has 0 spiro atoms. The number of nitrogens with one attached hydrogen (secondary N) is 1. The molecule has 1 saturated heterocycles. The molecule has 1 fully saturated rings. The number of hydrogen-bond acceptors (Lipinski definition) is 3. The SMILES string of the molecule is CCCOc1ccccc1OCC1CCNC1. The molecule has 1 aromatic rings. The zero-order valence-electron chi connectivity index (χ0n) is 10.4. The molecular weight excluding hydrogens is 214 g/mol. The molecule has 0 amide bonds. The molecule has 1 aliphatic rings. The van der Waals surface area contributed by atoms with E-state index < -0.39 is 0 Å². The van der Waals surface area contributed by atoms with Gasteiger partial charge in [-0.2, -0.15) is 0 Å². The maximum absolute atomic E-state index is 5.85. The molecule has 0 radical (unpaired) electrons. The van der Waals surface area contributed by atoms with Crippen molar-refractivity contribution in [2.24, 2.45) is 5.92 Å². The van der Waals surface area contributed by atoms with Crippen molar-refractivity contribution in [1.82, 2.24) is 5.32 Å². The number of para-hydroxylation sites is 2. The zero-order valence-corrected chi connectivity index (χ0v) is 10.4. The first kappa shape index (κ1) is 12.2. The molecule has 0 aromatic heterocycles. The molecular formula is C14H21NO2. The zero-order chi connectivity index (χ0) is 11.9. The van der Waals surface area contributed by atoms with E-state index in [1.165, 1.54) is 6.42 Å². The molecule has 3 heteroatoms. The second-order valence-corrected chi connectivity index (χ2v) is 4.47. The van der Waals surface area contributed by atoms with E-state index in [1.54, 1.807) is 0 Å². The maximum atomic E-state index is 5.85. The minimum Gasteiger partial charge on any atom is -0.490 e. The minimum atomic E-state index is 0.634. The smallest absolute Gasteiger partial charge is 0.161 e. The van der Waals surface area contributed by atoms with E-state index in [0.29, 0.717) is 5.92 Å². The lowest BCUT2D eigenvalue weighted by molar-refractivity contribution is 0.236. The monoisotopic (exact) mass is 235 g/mol. The fourth-order valence-corrected chi connectivity index (χ4v) is 1.96. The number of ether oxygens (including phenoxy) is 2. The molecule has 1 aromatic carbocycles. The summed E-state index contributed by atoms with van der Waals surface area (Å²) in [6.45, 7) is 5.80. The Kier molecular flexibility index (Phi) is 4.68. The largest absolute Gasteiger partial charge is 0.490 e. The molecule has 17 heavy (non-hydrogen) atoms. The highest BCUT2D eigenvalue weighted by molar-refractivity contribution is 5.39.